The van der Waals surface area contributed by atoms with Crippen LogP contribution in [0.15, 0.2) is 36.4 Å². The molecule has 0 atom stereocenters. The summed E-state index contributed by atoms with van der Waals surface area (Å²) in [5, 5.41) is 1.29. The molecule has 1 heterocycles. The van der Waals surface area contributed by atoms with Gasteiger partial charge in [0.1, 0.15) is 5.75 Å². The fraction of sp³-hybridized carbons (Fsp3) is 0.188. The molecule has 0 aliphatic carbocycles. The molecule has 0 radical (unpaired) electrons. The van der Waals surface area contributed by atoms with E-state index in [1.807, 2.05) is 13.0 Å². The molecule has 0 N–H and O–H groups in total. The summed E-state index contributed by atoms with van der Waals surface area (Å²) in [6, 6.07) is 9.90. The molecular weight excluding hydrogens is 279 g/mol. The van der Waals surface area contributed by atoms with Gasteiger partial charge >= 0.3 is 6.18 Å². The Morgan fingerprint density at radius 2 is 1.71 bits per heavy atom. The Hall–Kier alpha value is -2.30. The topological polar surface area (TPSA) is 22.1 Å². The SMILES string of the molecule is COc1ccc2c(c1)c(C(F)(F)F)nc1ccc(C)cc12. The zero-order valence-electron chi connectivity index (χ0n) is 11.5. The number of nitrogens with zero attached hydrogens (tertiary/aromatic N) is 1. The molecule has 3 aromatic rings. The highest BCUT2D eigenvalue weighted by molar-refractivity contribution is 6.07. The highest BCUT2D eigenvalue weighted by atomic mass is 19.4. The average molecular weight is 291 g/mol. The van der Waals surface area contributed by atoms with Crippen LogP contribution in [0.4, 0.5) is 13.2 Å². The normalized spacial score (nSPS) is 12.0. The number of aromatic nitrogens is 1. The minimum absolute atomic E-state index is 0.0555. The molecule has 0 unspecified atom stereocenters. The zero-order valence-corrected chi connectivity index (χ0v) is 11.5. The highest BCUT2D eigenvalue weighted by Gasteiger charge is 2.35. The molecule has 0 saturated carbocycles. The summed E-state index contributed by atoms with van der Waals surface area (Å²) >= 11 is 0. The van der Waals surface area contributed by atoms with Crippen molar-refractivity contribution in [2.24, 2.45) is 0 Å². The number of hydrogen-bond donors (Lipinski definition) is 0. The van der Waals surface area contributed by atoms with Gasteiger partial charge in [-0.2, -0.15) is 13.2 Å². The largest absolute Gasteiger partial charge is 0.497 e. The molecule has 2 nitrogen and oxygen atoms in total. The van der Waals surface area contributed by atoms with Crippen LogP contribution in [-0.2, 0) is 6.18 Å². The number of halogens is 3. The Labute approximate surface area is 119 Å². The summed E-state index contributed by atoms with van der Waals surface area (Å²) in [5.74, 6) is 0.377. The van der Waals surface area contributed by atoms with Gasteiger partial charge in [-0.25, -0.2) is 4.98 Å². The number of pyridine rings is 1. The molecule has 0 fully saturated rings. The third-order valence-corrected chi connectivity index (χ3v) is 3.42. The highest BCUT2D eigenvalue weighted by Crippen LogP contribution is 2.38. The van der Waals surface area contributed by atoms with Crippen molar-refractivity contribution in [3.8, 4) is 5.75 Å². The van der Waals surface area contributed by atoms with E-state index in [1.54, 1.807) is 24.3 Å². The second-order valence-corrected chi connectivity index (χ2v) is 4.89. The van der Waals surface area contributed by atoms with Gasteiger partial charge in [-0.3, -0.25) is 0 Å². The number of aryl methyl sites for hydroxylation is 1. The standard InChI is InChI=1S/C16H12F3NO/c1-9-3-6-14-12(7-9)11-5-4-10(21-2)8-13(11)15(20-14)16(17,18)19/h3-8H,1-2H3. The monoisotopic (exact) mass is 291 g/mol. The van der Waals surface area contributed by atoms with Crippen molar-refractivity contribution < 1.29 is 17.9 Å². The van der Waals surface area contributed by atoms with Gasteiger partial charge in [0.25, 0.3) is 0 Å². The van der Waals surface area contributed by atoms with E-state index in [4.69, 9.17) is 4.74 Å². The summed E-state index contributed by atoms with van der Waals surface area (Å²) in [4.78, 5) is 3.81. The predicted molar refractivity (Wildman–Crippen MR) is 75.5 cm³/mol. The average Bonchev–Trinajstić information content (AvgIpc) is 2.44. The van der Waals surface area contributed by atoms with E-state index in [0.717, 1.165) is 5.56 Å². The van der Waals surface area contributed by atoms with E-state index in [1.165, 1.54) is 13.2 Å². The molecule has 5 heteroatoms. The van der Waals surface area contributed by atoms with E-state index >= 15 is 0 Å². The summed E-state index contributed by atoms with van der Waals surface area (Å²) in [7, 11) is 1.42. The predicted octanol–water partition coefficient (Wildman–Crippen LogP) is 4.72. The molecule has 0 amide bonds. The Morgan fingerprint density at radius 3 is 2.38 bits per heavy atom. The molecule has 0 spiro atoms. The van der Waals surface area contributed by atoms with Crippen LogP contribution in [0.2, 0.25) is 0 Å². The number of ether oxygens (including phenoxy) is 1. The van der Waals surface area contributed by atoms with Crippen molar-refractivity contribution in [2.45, 2.75) is 13.1 Å². The summed E-state index contributed by atoms with van der Waals surface area (Å²) in [6.45, 7) is 1.90. The van der Waals surface area contributed by atoms with Crippen LogP contribution in [0.5, 0.6) is 5.75 Å². The van der Waals surface area contributed by atoms with Crippen LogP contribution in [-0.4, -0.2) is 12.1 Å². The maximum Gasteiger partial charge on any atom is 0.433 e. The third-order valence-electron chi connectivity index (χ3n) is 3.42. The minimum Gasteiger partial charge on any atom is -0.497 e. The lowest BCUT2D eigenvalue weighted by Crippen LogP contribution is -2.09. The van der Waals surface area contributed by atoms with Crippen LogP contribution in [0.25, 0.3) is 21.7 Å². The third kappa shape index (κ3) is 2.28. The van der Waals surface area contributed by atoms with E-state index in [9.17, 15) is 13.2 Å². The van der Waals surface area contributed by atoms with Crippen molar-refractivity contribution in [1.82, 2.24) is 4.98 Å². The summed E-state index contributed by atoms with van der Waals surface area (Å²) < 4.78 is 44.8. The Morgan fingerprint density at radius 1 is 0.952 bits per heavy atom. The quantitative estimate of drug-likeness (QED) is 0.605. The Balaban J connectivity index is 2.51. The molecular formula is C16H12F3NO. The van der Waals surface area contributed by atoms with Crippen molar-refractivity contribution >= 4 is 21.7 Å². The number of rotatable bonds is 1. The van der Waals surface area contributed by atoms with Gasteiger partial charge in [0, 0.05) is 10.8 Å². The molecule has 1 aromatic heterocycles. The van der Waals surface area contributed by atoms with Crippen molar-refractivity contribution in [1.29, 1.82) is 0 Å². The number of benzene rings is 2. The molecule has 3 rings (SSSR count). The molecule has 0 aliphatic heterocycles. The lowest BCUT2D eigenvalue weighted by atomic mass is 10.0. The summed E-state index contributed by atoms with van der Waals surface area (Å²) in [5.41, 5.74) is 0.430. The van der Waals surface area contributed by atoms with Crippen molar-refractivity contribution in [3.05, 3.63) is 47.7 Å². The number of methoxy groups -OCH3 is 1. The minimum atomic E-state index is -4.51. The second kappa shape index (κ2) is 4.62. The van der Waals surface area contributed by atoms with Crippen molar-refractivity contribution in [3.63, 3.8) is 0 Å². The maximum absolute atomic E-state index is 13.3. The molecule has 0 aliphatic rings. The van der Waals surface area contributed by atoms with E-state index in [2.05, 4.69) is 4.98 Å². The lowest BCUT2D eigenvalue weighted by molar-refractivity contribution is -0.139. The smallest absolute Gasteiger partial charge is 0.433 e. The summed E-state index contributed by atoms with van der Waals surface area (Å²) in [6.07, 6.45) is -4.51. The number of hydrogen-bond acceptors (Lipinski definition) is 2. The first kappa shape index (κ1) is 13.7. The Bertz CT molecular complexity index is 840. The van der Waals surface area contributed by atoms with E-state index < -0.39 is 11.9 Å². The number of fused-ring (bicyclic) bond motifs is 3. The molecule has 0 bridgehead atoms. The molecule has 0 saturated heterocycles. The Kier molecular flexibility index (Phi) is 3.01. The van der Waals surface area contributed by atoms with Crippen LogP contribution in [0, 0.1) is 6.92 Å². The first-order chi connectivity index (χ1) is 9.90. The van der Waals surface area contributed by atoms with Gasteiger partial charge in [0.05, 0.1) is 12.6 Å². The zero-order chi connectivity index (χ0) is 15.2. The molecule has 21 heavy (non-hydrogen) atoms. The van der Waals surface area contributed by atoms with Gasteiger partial charge in [-0.15, -0.1) is 0 Å². The second-order valence-electron chi connectivity index (χ2n) is 4.89. The van der Waals surface area contributed by atoms with E-state index in [-0.39, 0.29) is 5.39 Å². The van der Waals surface area contributed by atoms with Crippen LogP contribution < -0.4 is 4.74 Å². The van der Waals surface area contributed by atoms with Gasteiger partial charge in [-0.1, -0.05) is 11.6 Å². The first-order valence-corrected chi connectivity index (χ1v) is 6.35. The van der Waals surface area contributed by atoms with Gasteiger partial charge < -0.3 is 4.74 Å². The van der Waals surface area contributed by atoms with Crippen LogP contribution in [0.1, 0.15) is 11.3 Å². The fourth-order valence-electron chi connectivity index (χ4n) is 2.44. The van der Waals surface area contributed by atoms with E-state index in [0.29, 0.717) is 22.0 Å². The fourth-order valence-corrected chi connectivity index (χ4v) is 2.44. The van der Waals surface area contributed by atoms with Crippen molar-refractivity contribution in [2.75, 3.05) is 7.11 Å². The maximum atomic E-state index is 13.3. The van der Waals surface area contributed by atoms with Crippen LogP contribution in [0.3, 0.4) is 0 Å². The van der Waals surface area contributed by atoms with Gasteiger partial charge in [-0.05, 0) is 42.6 Å². The van der Waals surface area contributed by atoms with Gasteiger partial charge in [0.15, 0.2) is 5.69 Å². The lowest BCUT2D eigenvalue weighted by Gasteiger charge is -2.13. The molecule has 2 aromatic carbocycles. The van der Waals surface area contributed by atoms with Gasteiger partial charge in [0.2, 0.25) is 0 Å². The number of alkyl halides is 3. The first-order valence-electron chi connectivity index (χ1n) is 6.35. The molecule has 108 valence electrons. The van der Waals surface area contributed by atoms with Crippen LogP contribution >= 0.6 is 0 Å².